The van der Waals surface area contributed by atoms with Crippen LogP contribution in [-0.4, -0.2) is 67.7 Å². The van der Waals surface area contributed by atoms with Crippen molar-refractivity contribution < 1.29 is 13.2 Å². The van der Waals surface area contributed by atoms with E-state index < -0.39 is 10.0 Å². The normalized spacial score (nSPS) is 19.0. The third-order valence-corrected chi connectivity index (χ3v) is 8.71. The van der Waals surface area contributed by atoms with Gasteiger partial charge in [0.25, 0.3) is 5.91 Å². The number of carbonyl (C=O) groups excluding carboxylic acids is 1. The van der Waals surface area contributed by atoms with Crippen molar-refractivity contribution in [1.29, 1.82) is 0 Å². The highest BCUT2D eigenvalue weighted by Gasteiger charge is 2.33. The minimum absolute atomic E-state index is 0.165. The first kappa shape index (κ1) is 20.8. The van der Waals surface area contributed by atoms with E-state index in [0.29, 0.717) is 31.1 Å². The predicted molar refractivity (Wildman–Crippen MR) is 115 cm³/mol. The van der Waals surface area contributed by atoms with Crippen LogP contribution in [0.2, 0.25) is 5.02 Å². The van der Waals surface area contributed by atoms with Crippen LogP contribution >= 0.6 is 22.9 Å². The van der Waals surface area contributed by atoms with Crippen LogP contribution in [0, 0.1) is 0 Å². The monoisotopic (exact) mass is 453 g/mol. The Labute approximate surface area is 180 Å². The molecule has 156 valence electrons. The van der Waals surface area contributed by atoms with Crippen molar-refractivity contribution in [3.05, 3.63) is 51.2 Å². The molecular formula is C20H24ClN3O3S2. The Hall–Kier alpha value is -1.45. The topological polar surface area (TPSA) is 60.9 Å². The summed E-state index contributed by atoms with van der Waals surface area (Å²) >= 11 is 7.16. The summed E-state index contributed by atoms with van der Waals surface area (Å²) in [6, 6.07) is 9.37. The molecule has 4 rings (SSSR count). The molecule has 6 nitrogen and oxygen atoms in total. The lowest BCUT2D eigenvalue weighted by Crippen LogP contribution is -2.48. The average Bonchev–Trinajstić information content (AvgIpc) is 3.42. The molecule has 2 aliphatic heterocycles. The number of nitrogens with zero attached hydrogens (tertiary/aromatic N) is 3. The van der Waals surface area contributed by atoms with E-state index in [1.54, 1.807) is 16.3 Å². The molecule has 1 aromatic carbocycles. The fourth-order valence-corrected chi connectivity index (χ4v) is 6.83. The Balaban J connectivity index is 1.40. The van der Waals surface area contributed by atoms with Gasteiger partial charge in [-0.15, -0.1) is 11.3 Å². The van der Waals surface area contributed by atoms with E-state index >= 15 is 0 Å². The molecule has 0 aliphatic carbocycles. The lowest BCUT2D eigenvalue weighted by Gasteiger charge is -2.34. The Morgan fingerprint density at radius 3 is 2.28 bits per heavy atom. The number of benzene rings is 1. The zero-order valence-electron chi connectivity index (χ0n) is 16.1. The standard InChI is InChI=1S/C20H24ClN3O3S2/c21-17-5-3-16(4-6-17)15-22-10-12-23(13-11-22)20(25)19-18(7-14-28-19)29(26,27)24-8-1-2-9-24/h3-7,14H,1-2,8-13,15H2. The highest BCUT2D eigenvalue weighted by atomic mass is 35.5. The van der Waals surface area contributed by atoms with Crippen molar-refractivity contribution in [2.75, 3.05) is 39.3 Å². The third kappa shape index (κ3) is 4.51. The Morgan fingerprint density at radius 1 is 0.966 bits per heavy atom. The average molecular weight is 454 g/mol. The van der Waals surface area contributed by atoms with Gasteiger partial charge in [-0.3, -0.25) is 9.69 Å². The lowest BCUT2D eigenvalue weighted by atomic mass is 10.2. The van der Waals surface area contributed by atoms with Gasteiger partial charge in [-0.05, 0) is 42.0 Å². The van der Waals surface area contributed by atoms with Gasteiger partial charge in [0.05, 0.1) is 0 Å². The molecule has 0 radical (unpaired) electrons. The number of hydrogen-bond acceptors (Lipinski definition) is 5. The fraction of sp³-hybridized carbons (Fsp3) is 0.450. The minimum atomic E-state index is -3.59. The summed E-state index contributed by atoms with van der Waals surface area (Å²) in [5.74, 6) is -0.177. The summed E-state index contributed by atoms with van der Waals surface area (Å²) in [7, 11) is -3.59. The Morgan fingerprint density at radius 2 is 1.62 bits per heavy atom. The molecule has 29 heavy (non-hydrogen) atoms. The number of thiophene rings is 1. The number of hydrogen-bond donors (Lipinski definition) is 0. The summed E-state index contributed by atoms with van der Waals surface area (Å²) in [6.07, 6.45) is 1.75. The zero-order chi connectivity index (χ0) is 20.4. The second-order valence-electron chi connectivity index (χ2n) is 7.42. The van der Waals surface area contributed by atoms with Crippen LogP contribution in [-0.2, 0) is 16.6 Å². The summed E-state index contributed by atoms with van der Waals surface area (Å²) in [6.45, 7) is 4.58. The molecular weight excluding hydrogens is 430 g/mol. The molecule has 0 N–H and O–H groups in total. The smallest absolute Gasteiger partial charge is 0.265 e. The van der Waals surface area contributed by atoms with E-state index in [2.05, 4.69) is 4.90 Å². The summed E-state index contributed by atoms with van der Waals surface area (Å²) in [5.41, 5.74) is 1.19. The quantitative estimate of drug-likeness (QED) is 0.697. The summed E-state index contributed by atoms with van der Waals surface area (Å²) < 4.78 is 27.4. The van der Waals surface area contributed by atoms with Crippen LogP contribution in [0.25, 0.3) is 0 Å². The fourth-order valence-electron chi connectivity index (χ4n) is 3.82. The molecule has 0 bridgehead atoms. The van der Waals surface area contributed by atoms with E-state index in [1.807, 2.05) is 24.3 Å². The maximum Gasteiger partial charge on any atom is 0.265 e. The van der Waals surface area contributed by atoms with Gasteiger partial charge in [0, 0.05) is 50.8 Å². The van der Waals surface area contributed by atoms with Gasteiger partial charge in [-0.1, -0.05) is 23.7 Å². The van der Waals surface area contributed by atoms with Gasteiger partial charge >= 0.3 is 0 Å². The molecule has 0 atom stereocenters. The first-order chi connectivity index (χ1) is 13.9. The number of halogens is 1. The van der Waals surface area contributed by atoms with Crippen molar-refractivity contribution in [3.63, 3.8) is 0 Å². The van der Waals surface area contributed by atoms with Gasteiger partial charge in [0.2, 0.25) is 10.0 Å². The second kappa shape index (κ2) is 8.73. The molecule has 2 aliphatic rings. The van der Waals surface area contributed by atoms with E-state index in [-0.39, 0.29) is 10.8 Å². The van der Waals surface area contributed by atoms with Gasteiger partial charge in [-0.25, -0.2) is 8.42 Å². The maximum absolute atomic E-state index is 13.1. The molecule has 3 heterocycles. The van der Waals surface area contributed by atoms with E-state index in [4.69, 9.17) is 11.6 Å². The Kier molecular flexibility index (Phi) is 6.27. The first-order valence-corrected chi connectivity index (χ1v) is 12.5. The van der Waals surface area contributed by atoms with Crippen LogP contribution in [0.15, 0.2) is 40.6 Å². The number of amides is 1. The summed E-state index contributed by atoms with van der Waals surface area (Å²) in [4.78, 5) is 17.6. The third-order valence-electron chi connectivity index (χ3n) is 5.49. The van der Waals surface area contributed by atoms with Gasteiger partial charge < -0.3 is 4.90 Å². The molecule has 9 heteroatoms. The molecule has 0 spiro atoms. The van der Waals surface area contributed by atoms with Gasteiger partial charge in [0.1, 0.15) is 9.77 Å². The predicted octanol–water partition coefficient (Wildman–Crippen LogP) is 3.14. The zero-order valence-corrected chi connectivity index (χ0v) is 18.5. The highest BCUT2D eigenvalue weighted by molar-refractivity contribution is 7.89. The highest BCUT2D eigenvalue weighted by Crippen LogP contribution is 2.29. The van der Waals surface area contributed by atoms with Crippen molar-refractivity contribution in [2.45, 2.75) is 24.3 Å². The van der Waals surface area contributed by atoms with Gasteiger partial charge in [-0.2, -0.15) is 4.31 Å². The van der Waals surface area contributed by atoms with Crippen molar-refractivity contribution in [3.8, 4) is 0 Å². The first-order valence-electron chi connectivity index (χ1n) is 9.79. The van der Waals surface area contributed by atoms with Crippen LogP contribution < -0.4 is 0 Å². The van der Waals surface area contributed by atoms with Crippen molar-refractivity contribution in [1.82, 2.24) is 14.1 Å². The van der Waals surface area contributed by atoms with E-state index in [0.717, 1.165) is 37.5 Å². The molecule has 2 aromatic rings. The van der Waals surface area contributed by atoms with Gasteiger partial charge in [0.15, 0.2) is 0 Å². The minimum Gasteiger partial charge on any atom is -0.335 e. The molecule has 0 saturated carbocycles. The number of rotatable bonds is 5. The van der Waals surface area contributed by atoms with Crippen LogP contribution in [0.5, 0.6) is 0 Å². The number of sulfonamides is 1. The van der Waals surface area contributed by atoms with E-state index in [1.165, 1.54) is 21.2 Å². The SMILES string of the molecule is O=C(c1sccc1S(=O)(=O)N1CCCC1)N1CCN(Cc2ccc(Cl)cc2)CC1. The molecule has 1 aromatic heterocycles. The molecule has 2 saturated heterocycles. The lowest BCUT2D eigenvalue weighted by molar-refractivity contribution is 0.0629. The Bertz CT molecular complexity index is 961. The number of carbonyl (C=O) groups is 1. The van der Waals surface area contributed by atoms with Crippen molar-refractivity contribution >= 4 is 38.9 Å². The van der Waals surface area contributed by atoms with Crippen LogP contribution in [0.4, 0.5) is 0 Å². The molecule has 2 fully saturated rings. The largest absolute Gasteiger partial charge is 0.335 e. The van der Waals surface area contributed by atoms with Crippen LogP contribution in [0.3, 0.4) is 0 Å². The second-order valence-corrected chi connectivity index (χ2v) is 10.7. The van der Waals surface area contributed by atoms with Crippen molar-refractivity contribution in [2.24, 2.45) is 0 Å². The molecule has 0 unspecified atom stereocenters. The molecule has 1 amide bonds. The number of piperazine rings is 1. The van der Waals surface area contributed by atoms with E-state index in [9.17, 15) is 13.2 Å². The summed E-state index contributed by atoms with van der Waals surface area (Å²) in [5, 5.41) is 2.42. The maximum atomic E-state index is 13.1. The van der Waals surface area contributed by atoms with Crippen LogP contribution in [0.1, 0.15) is 28.1 Å².